The lowest BCUT2D eigenvalue weighted by Gasteiger charge is -2.25. The molecule has 0 saturated carbocycles. The summed E-state index contributed by atoms with van der Waals surface area (Å²) in [6.07, 6.45) is 0.328. The van der Waals surface area contributed by atoms with Crippen LogP contribution in [0.3, 0.4) is 0 Å². The number of hydrogen-bond acceptors (Lipinski definition) is 6. The smallest absolute Gasteiger partial charge is 0.233 e. The van der Waals surface area contributed by atoms with Crippen LogP contribution in [-0.4, -0.2) is 40.1 Å². The minimum Gasteiger partial charge on any atom is -0.496 e. The van der Waals surface area contributed by atoms with Crippen LogP contribution in [0.1, 0.15) is 29.2 Å². The Balaban J connectivity index is 1.85. The highest BCUT2D eigenvalue weighted by Gasteiger charge is 2.34. The standard InChI is InChI=1S/C19H19N5O3/c1-11-18-13(12-6-4-5-7-14(12)26-2)10-16(25)20-19(18)24(23-11)15-8-9-17(27-3)22-21-15/h4-9,13H,10H2,1-3H3,(H,20,25)/t13-/m1/s1. The first-order chi connectivity index (χ1) is 13.1. The Bertz CT molecular complexity index is 997. The molecule has 0 spiro atoms. The van der Waals surface area contributed by atoms with E-state index in [0.717, 1.165) is 22.6 Å². The van der Waals surface area contributed by atoms with Crippen molar-refractivity contribution in [2.24, 2.45) is 0 Å². The second-order valence-corrected chi connectivity index (χ2v) is 6.24. The molecule has 3 heterocycles. The monoisotopic (exact) mass is 365 g/mol. The van der Waals surface area contributed by atoms with Gasteiger partial charge in [-0.3, -0.25) is 4.79 Å². The van der Waals surface area contributed by atoms with Crippen LogP contribution in [0, 0.1) is 6.92 Å². The summed E-state index contributed by atoms with van der Waals surface area (Å²) >= 11 is 0. The van der Waals surface area contributed by atoms with Crippen LogP contribution in [0.4, 0.5) is 5.82 Å². The number of anilines is 1. The van der Waals surface area contributed by atoms with E-state index in [4.69, 9.17) is 9.47 Å². The number of rotatable bonds is 4. The predicted molar refractivity (Wildman–Crippen MR) is 98.5 cm³/mol. The number of nitrogens with one attached hydrogen (secondary N) is 1. The van der Waals surface area contributed by atoms with Gasteiger partial charge in [-0.25, -0.2) is 0 Å². The third-order valence-corrected chi connectivity index (χ3v) is 4.67. The molecular weight excluding hydrogens is 346 g/mol. The number of carbonyl (C=O) groups excluding carboxylic acids is 1. The summed E-state index contributed by atoms with van der Waals surface area (Å²) in [6.45, 7) is 1.92. The zero-order chi connectivity index (χ0) is 19.0. The molecule has 1 aliphatic rings. The number of ether oxygens (including phenoxy) is 2. The topological polar surface area (TPSA) is 91.2 Å². The van der Waals surface area contributed by atoms with E-state index < -0.39 is 0 Å². The van der Waals surface area contributed by atoms with Crippen LogP contribution in [0.2, 0.25) is 0 Å². The SMILES string of the molecule is COc1ccc(-n2nc(C)c3c2NC(=O)C[C@@H]3c2ccccc2OC)nn1. The number of methoxy groups -OCH3 is 2. The molecule has 0 fully saturated rings. The fourth-order valence-corrected chi connectivity index (χ4v) is 3.47. The number of amides is 1. The molecule has 0 aliphatic carbocycles. The van der Waals surface area contributed by atoms with E-state index in [0.29, 0.717) is 23.9 Å². The molecule has 0 saturated heterocycles. The Morgan fingerprint density at radius 1 is 1.11 bits per heavy atom. The van der Waals surface area contributed by atoms with Crippen molar-refractivity contribution in [2.45, 2.75) is 19.3 Å². The Labute approximate surface area is 156 Å². The van der Waals surface area contributed by atoms with Gasteiger partial charge in [0.1, 0.15) is 11.6 Å². The predicted octanol–water partition coefficient (Wildman–Crippen LogP) is 2.46. The third-order valence-electron chi connectivity index (χ3n) is 4.67. The van der Waals surface area contributed by atoms with Gasteiger partial charge in [0.15, 0.2) is 5.82 Å². The Morgan fingerprint density at radius 3 is 2.63 bits per heavy atom. The van der Waals surface area contributed by atoms with E-state index in [2.05, 4.69) is 20.6 Å². The first-order valence-corrected chi connectivity index (χ1v) is 8.52. The van der Waals surface area contributed by atoms with E-state index in [1.807, 2.05) is 31.2 Å². The highest BCUT2D eigenvalue weighted by Crippen LogP contribution is 2.42. The quantitative estimate of drug-likeness (QED) is 0.764. The van der Waals surface area contributed by atoms with E-state index in [9.17, 15) is 4.79 Å². The van der Waals surface area contributed by atoms with Crippen LogP contribution in [0.5, 0.6) is 11.6 Å². The molecule has 1 amide bonds. The van der Waals surface area contributed by atoms with Gasteiger partial charge in [0.25, 0.3) is 0 Å². The van der Waals surface area contributed by atoms with Gasteiger partial charge >= 0.3 is 0 Å². The van der Waals surface area contributed by atoms with Gasteiger partial charge in [0, 0.05) is 29.5 Å². The molecule has 8 nitrogen and oxygen atoms in total. The van der Waals surface area contributed by atoms with Crippen molar-refractivity contribution in [1.82, 2.24) is 20.0 Å². The molecule has 2 aromatic heterocycles. The molecule has 0 radical (unpaired) electrons. The largest absolute Gasteiger partial charge is 0.496 e. The van der Waals surface area contributed by atoms with Crippen molar-refractivity contribution in [1.29, 1.82) is 0 Å². The number of para-hydroxylation sites is 1. The fraction of sp³-hybridized carbons (Fsp3) is 0.263. The zero-order valence-corrected chi connectivity index (χ0v) is 15.3. The zero-order valence-electron chi connectivity index (χ0n) is 15.3. The van der Waals surface area contributed by atoms with E-state index in [1.54, 1.807) is 23.9 Å². The molecule has 8 heteroatoms. The van der Waals surface area contributed by atoms with Crippen molar-refractivity contribution >= 4 is 11.7 Å². The summed E-state index contributed by atoms with van der Waals surface area (Å²) in [4.78, 5) is 12.5. The molecule has 0 unspecified atom stereocenters. The normalized spacial score (nSPS) is 15.8. The number of nitrogens with zero attached hydrogens (tertiary/aromatic N) is 4. The molecule has 4 rings (SSSR count). The summed E-state index contributed by atoms with van der Waals surface area (Å²) in [5, 5.41) is 15.7. The van der Waals surface area contributed by atoms with Crippen molar-refractivity contribution in [3.05, 3.63) is 53.2 Å². The molecule has 27 heavy (non-hydrogen) atoms. The second kappa shape index (κ2) is 6.71. The van der Waals surface area contributed by atoms with E-state index in [1.165, 1.54) is 7.11 Å². The van der Waals surface area contributed by atoms with Gasteiger partial charge in [-0.15, -0.1) is 10.2 Å². The molecule has 138 valence electrons. The maximum absolute atomic E-state index is 12.5. The third kappa shape index (κ3) is 2.88. The maximum atomic E-state index is 12.5. The molecule has 0 bridgehead atoms. The maximum Gasteiger partial charge on any atom is 0.233 e. The van der Waals surface area contributed by atoms with Crippen LogP contribution in [0.15, 0.2) is 36.4 Å². The minimum absolute atomic E-state index is 0.0824. The second-order valence-electron chi connectivity index (χ2n) is 6.24. The molecule has 1 aromatic carbocycles. The minimum atomic E-state index is -0.148. The lowest BCUT2D eigenvalue weighted by molar-refractivity contribution is -0.116. The summed E-state index contributed by atoms with van der Waals surface area (Å²) < 4.78 is 12.2. The fourth-order valence-electron chi connectivity index (χ4n) is 3.47. The molecule has 1 N–H and O–H groups in total. The van der Waals surface area contributed by atoms with Crippen LogP contribution < -0.4 is 14.8 Å². The first kappa shape index (κ1) is 17.0. The van der Waals surface area contributed by atoms with Crippen molar-refractivity contribution in [3.63, 3.8) is 0 Å². The van der Waals surface area contributed by atoms with Gasteiger partial charge in [-0.2, -0.15) is 9.78 Å². The Hall–Kier alpha value is -3.42. The van der Waals surface area contributed by atoms with Crippen LogP contribution in [0.25, 0.3) is 5.82 Å². The highest BCUT2D eigenvalue weighted by atomic mass is 16.5. The summed E-state index contributed by atoms with van der Waals surface area (Å²) in [5.74, 6) is 2.04. The first-order valence-electron chi connectivity index (χ1n) is 8.52. The molecular formula is C19H19N5O3. The summed E-state index contributed by atoms with van der Waals surface area (Å²) in [5.41, 5.74) is 2.73. The van der Waals surface area contributed by atoms with Gasteiger partial charge in [-0.1, -0.05) is 18.2 Å². The number of hydrogen-bond donors (Lipinski definition) is 1. The molecule has 3 aromatic rings. The number of aromatic nitrogens is 4. The van der Waals surface area contributed by atoms with Gasteiger partial charge in [-0.05, 0) is 19.1 Å². The van der Waals surface area contributed by atoms with Crippen molar-refractivity contribution in [2.75, 3.05) is 19.5 Å². The van der Waals surface area contributed by atoms with Crippen LogP contribution in [-0.2, 0) is 4.79 Å². The number of benzene rings is 1. The average molecular weight is 365 g/mol. The average Bonchev–Trinajstić information content (AvgIpc) is 3.03. The molecule has 1 atom stereocenters. The Kier molecular flexibility index (Phi) is 4.23. The van der Waals surface area contributed by atoms with Crippen LogP contribution >= 0.6 is 0 Å². The van der Waals surface area contributed by atoms with Gasteiger partial charge in [0.2, 0.25) is 11.8 Å². The highest BCUT2D eigenvalue weighted by molar-refractivity contribution is 5.95. The number of aryl methyl sites for hydroxylation is 1. The van der Waals surface area contributed by atoms with Gasteiger partial charge in [0.05, 0.1) is 19.9 Å². The van der Waals surface area contributed by atoms with E-state index >= 15 is 0 Å². The Morgan fingerprint density at radius 2 is 1.93 bits per heavy atom. The van der Waals surface area contributed by atoms with E-state index in [-0.39, 0.29) is 11.8 Å². The van der Waals surface area contributed by atoms with Gasteiger partial charge < -0.3 is 14.8 Å². The van der Waals surface area contributed by atoms with Crippen molar-refractivity contribution in [3.8, 4) is 17.4 Å². The number of fused-ring (bicyclic) bond motifs is 1. The number of carbonyl (C=O) groups is 1. The lowest BCUT2D eigenvalue weighted by Crippen LogP contribution is -2.25. The lowest BCUT2D eigenvalue weighted by atomic mass is 9.85. The summed E-state index contributed by atoms with van der Waals surface area (Å²) in [6, 6.07) is 11.2. The molecule has 1 aliphatic heterocycles. The summed E-state index contributed by atoms with van der Waals surface area (Å²) in [7, 11) is 3.16. The van der Waals surface area contributed by atoms with Crippen molar-refractivity contribution < 1.29 is 14.3 Å².